The Labute approximate surface area is 200 Å². The lowest BCUT2D eigenvalue weighted by molar-refractivity contribution is 0.102. The molecule has 4 rings (SSSR count). The van der Waals surface area contributed by atoms with Gasteiger partial charge in [0.05, 0.1) is 26.4 Å². The molecule has 1 aliphatic rings. The highest BCUT2D eigenvalue weighted by Gasteiger charge is 2.22. The number of hydrogen-bond donors (Lipinski definition) is 3. The van der Waals surface area contributed by atoms with E-state index in [2.05, 4.69) is 65.4 Å². The first-order valence-electron chi connectivity index (χ1n) is 10.4. The fourth-order valence-electron chi connectivity index (χ4n) is 3.73. The number of hydrogen-bond acceptors (Lipinski definition) is 5. The van der Waals surface area contributed by atoms with Crippen LogP contribution in [0.1, 0.15) is 34.5 Å². The molecule has 0 unspecified atom stereocenters. The number of aromatic nitrogens is 3. The molecular weight excluding hydrogens is 492 g/mol. The number of pyridine rings is 1. The summed E-state index contributed by atoms with van der Waals surface area (Å²) in [6, 6.07) is 11.3. The molecular formula is C23H24BrClN6O. The molecule has 0 saturated carbocycles. The predicted octanol–water partition coefficient (Wildman–Crippen LogP) is 4.70. The molecule has 1 fully saturated rings. The number of carbonyl (C=O) groups is 1. The number of H-pyrrole nitrogens is 1. The molecule has 2 aromatic heterocycles. The maximum absolute atomic E-state index is 12.5. The molecule has 0 aliphatic carbocycles. The van der Waals surface area contributed by atoms with Crippen molar-refractivity contribution in [1.29, 1.82) is 0 Å². The molecule has 0 spiro atoms. The molecule has 1 aromatic carbocycles. The third-order valence-electron chi connectivity index (χ3n) is 5.48. The standard InChI is InChI=1S/C23H24BrClN6O/c1-15(27-17-8-12-31(13-9-17)14-16-6-10-26-11-7-16)21-20(24)22(30-29-21)28-23(32)18-4-2-3-5-19(18)25/h2-7,10-11,17,27H,1,8-9,12-14H2,(H2,28,29,30,32). The molecule has 1 amide bonds. The number of likely N-dealkylation sites (tertiary alicyclic amines) is 1. The van der Waals surface area contributed by atoms with Crippen molar-refractivity contribution in [1.82, 2.24) is 25.4 Å². The van der Waals surface area contributed by atoms with Crippen LogP contribution in [-0.4, -0.2) is 45.1 Å². The van der Waals surface area contributed by atoms with Gasteiger partial charge >= 0.3 is 0 Å². The van der Waals surface area contributed by atoms with Crippen LogP contribution in [0.4, 0.5) is 5.82 Å². The highest BCUT2D eigenvalue weighted by molar-refractivity contribution is 9.10. The van der Waals surface area contributed by atoms with Crippen molar-refractivity contribution in [3.63, 3.8) is 0 Å². The van der Waals surface area contributed by atoms with E-state index in [9.17, 15) is 4.79 Å². The Kier molecular flexibility index (Phi) is 7.24. The summed E-state index contributed by atoms with van der Waals surface area (Å²) in [5.41, 5.74) is 3.11. The third-order valence-corrected chi connectivity index (χ3v) is 6.58. The first kappa shape index (κ1) is 22.5. The van der Waals surface area contributed by atoms with E-state index in [1.807, 2.05) is 12.4 Å². The Bertz CT molecular complexity index is 1090. The SMILES string of the molecule is C=C(NC1CCN(Cc2ccncc2)CC1)c1[nH]nc(NC(=O)c2ccccc2Cl)c1Br. The van der Waals surface area contributed by atoms with Crippen molar-refractivity contribution < 1.29 is 4.79 Å². The zero-order valence-electron chi connectivity index (χ0n) is 17.4. The number of piperidine rings is 1. The van der Waals surface area contributed by atoms with Crippen LogP contribution < -0.4 is 10.6 Å². The fourth-order valence-corrected chi connectivity index (χ4v) is 4.47. The summed E-state index contributed by atoms with van der Waals surface area (Å²) >= 11 is 9.64. The topological polar surface area (TPSA) is 85.9 Å². The molecule has 0 bridgehead atoms. The second-order valence-electron chi connectivity index (χ2n) is 7.72. The summed E-state index contributed by atoms with van der Waals surface area (Å²) in [5, 5.41) is 13.8. The minimum absolute atomic E-state index is 0.325. The smallest absolute Gasteiger partial charge is 0.258 e. The molecule has 0 atom stereocenters. The number of benzene rings is 1. The van der Waals surface area contributed by atoms with Gasteiger partial charge in [-0.25, -0.2) is 0 Å². The highest BCUT2D eigenvalue weighted by Crippen LogP contribution is 2.29. The molecule has 1 saturated heterocycles. The summed E-state index contributed by atoms with van der Waals surface area (Å²) in [5.74, 6) is 0.0644. The van der Waals surface area contributed by atoms with Gasteiger partial charge in [-0.3, -0.25) is 19.8 Å². The van der Waals surface area contributed by atoms with Gasteiger partial charge in [0.1, 0.15) is 0 Å². The average molecular weight is 516 g/mol. The molecule has 1 aliphatic heterocycles. The van der Waals surface area contributed by atoms with Gasteiger partial charge in [0, 0.05) is 38.1 Å². The number of nitrogens with one attached hydrogen (secondary N) is 3. The van der Waals surface area contributed by atoms with Crippen LogP contribution in [-0.2, 0) is 6.54 Å². The predicted molar refractivity (Wildman–Crippen MR) is 130 cm³/mol. The van der Waals surface area contributed by atoms with Crippen LogP contribution in [0.15, 0.2) is 59.8 Å². The second kappa shape index (κ2) is 10.3. The minimum Gasteiger partial charge on any atom is -0.381 e. The molecule has 3 N–H and O–H groups in total. The van der Waals surface area contributed by atoms with E-state index in [0.29, 0.717) is 32.6 Å². The lowest BCUT2D eigenvalue weighted by Gasteiger charge is -2.33. The third kappa shape index (κ3) is 5.38. The summed E-state index contributed by atoms with van der Waals surface area (Å²) in [6.45, 7) is 7.13. The summed E-state index contributed by atoms with van der Waals surface area (Å²) in [6.07, 6.45) is 5.71. The number of halogens is 2. The van der Waals surface area contributed by atoms with Crippen LogP contribution in [0.3, 0.4) is 0 Å². The number of amides is 1. The van der Waals surface area contributed by atoms with Gasteiger partial charge in [-0.1, -0.05) is 30.3 Å². The zero-order valence-corrected chi connectivity index (χ0v) is 19.8. The monoisotopic (exact) mass is 514 g/mol. The fraction of sp³-hybridized carbons (Fsp3) is 0.261. The number of aromatic amines is 1. The molecule has 166 valence electrons. The maximum atomic E-state index is 12.5. The lowest BCUT2D eigenvalue weighted by Crippen LogP contribution is -2.41. The van der Waals surface area contributed by atoms with Crippen LogP contribution in [0.2, 0.25) is 5.02 Å². The first-order chi connectivity index (χ1) is 15.5. The van der Waals surface area contributed by atoms with Crippen LogP contribution in [0.25, 0.3) is 5.70 Å². The van der Waals surface area contributed by atoms with Crippen molar-refractivity contribution in [2.45, 2.75) is 25.4 Å². The van der Waals surface area contributed by atoms with E-state index in [1.54, 1.807) is 24.3 Å². The van der Waals surface area contributed by atoms with Crippen LogP contribution >= 0.6 is 27.5 Å². The largest absolute Gasteiger partial charge is 0.381 e. The second-order valence-corrected chi connectivity index (χ2v) is 8.92. The van der Waals surface area contributed by atoms with E-state index in [-0.39, 0.29) is 5.91 Å². The number of rotatable bonds is 7. The van der Waals surface area contributed by atoms with Crippen LogP contribution in [0.5, 0.6) is 0 Å². The summed E-state index contributed by atoms with van der Waals surface area (Å²) in [4.78, 5) is 19.1. The van der Waals surface area contributed by atoms with Gasteiger partial charge in [0.25, 0.3) is 5.91 Å². The van der Waals surface area contributed by atoms with Crippen molar-refractivity contribution in [3.8, 4) is 0 Å². The van der Waals surface area contributed by atoms with E-state index in [4.69, 9.17) is 11.6 Å². The maximum Gasteiger partial charge on any atom is 0.258 e. The molecule has 7 nitrogen and oxygen atoms in total. The normalized spacial score (nSPS) is 14.8. The van der Waals surface area contributed by atoms with E-state index in [0.717, 1.165) is 38.2 Å². The average Bonchev–Trinajstić information content (AvgIpc) is 3.16. The van der Waals surface area contributed by atoms with Gasteiger partial charge in [-0.05, 0) is 58.6 Å². The Morgan fingerprint density at radius 1 is 1.22 bits per heavy atom. The van der Waals surface area contributed by atoms with Crippen molar-refractivity contribution in [2.75, 3.05) is 18.4 Å². The van der Waals surface area contributed by atoms with Crippen molar-refractivity contribution in [3.05, 3.63) is 81.7 Å². The van der Waals surface area contributed by atoms with Crippen molar-refractivity contribution >= 4 is 45.0 Å². The molecule has 9 heteroatoms. The molecule has 3 aromatic rings. The Hall–Kier alpha value is -2.68. The van der Waals surface area contributed by atoms with Gasteiger partial charge in [0.15, 0.2) is 5.82 Å². The van der Waals surface area contributed by atoms with Crippen LogP contribution in [0, 0.1) is 0 Å². The lowest BCUT2D eigenvalue weighted by atomic mass is 10.0. The quantitative estimate of drug-likeness (QED) is 0.425. The minimum atomic E-state index is -0.325. The van der Waals surface area contributed by atoms with Gasteiger partial charge < -0.3 is 10.6 Å². The Morgan fingerprint density at radius 2 is 1.94 bits per heavy atom. The zero-order chi connectivity index (χ0) is 22.5. The summed E-state index contributed by atoms with van der Waals surface area (Å²) < 4.78 is 0.644. The number of anilines is 1. The van der Waals surface area contributed by atoms with Crippen molar-refractivity contribution in [2.24, 2.45) is 0 Å². The molecule has 3 heterocycles. The Balaban J connectivity index is 1.31. The highest BCUT2D eigenvalue weighted by atomic mass is 79.9. The van der Waals surface area contributed by atoms with Gasteiger partial charge in [-0.2, -0.15) is 5.10 Å². The number of nitrogens with zero attached hydrogens (tertiary/aromatic N) is 3. The summed E-state index contributed by atoms with van der Waals surface area (Å²) in [7, 11) is 0. The molecule has 0 radical (unpaired) electrons. The van der Waals surface area contributed by atoms with Gasteiger partial charge in [0.2, 0.25) is 0 Å². The first-order valence-corrected chi connectivity index (χ1v) is 11.5. The number of carbonyl (C=O) groups excluding carboxylic acids is 1. The van der Waals surface area contributed by atoms with E-state index < -0.39 is 0 Å². The Morgan fingerprint density at radius 3 is 2.66 bits per heavy atom. The van der Waals surface area contributed by atoms with Gasteiger partial charge in [-0.15, -0.1) is 0 Å². The van der Waals surface area contributed by atoms with E-state index in [1.165, 1.54) is 5.56 Å². The molecule has 32 heavy (non-hydrogen) atoms. The van der Waals surface area contributed by atoms with E-state index >= 15 is 0 Å².